The summed E-state index contributed by atoms with van der Waals surface area (Å²) >= 11 is 0. The summed E-state index contributed by atoms with van der Waals surface area (Å²) in [6.45, 7) is 14.2. The summed E-state index contributed by atoms with van der Waals surface area (Å²) in [6.07, 6.45) is 0. The number of nitrogens with one attached hydrogen (secondary N) is 1. The Kier molecular flexibility index (Phi) is 7.16. The van der Waals surface area contributed by atoms with Crippen molar-refractivity contribution in [1.29, 1.82) is 0 Å². The summed E-state index contributed by atoms with van der Waals surface area (Å²) in [4.78, 5) is 16.2. The van der Waals surface area contributed by atoms with Gasteiger partial charge in [0.1, 0.15) is 0 Å². The van der Waals surface area contributed by atoms with Gasteiger partial charge < -0.3 is 15.0 Å². The minimum Gasteiger partial charge on any atom is -0.379 e. The molecule has 0 bridgehead atoms. The molecule has 5 heteroatoms. The molecule has 1 fully saturated rings. The Labute approximate surface area is 117 Å². The number of morpholine rings is 1. The van der Waals surface area contributed by atoms with E-state index in [-0.39, 0.29) is 6.03 Å². The van der Waals surface area contributed by atoms with Gasteiger partial charge in [0.05, 0.1) is 13.2 Å². The van der Waals surface area contributed by atoms with Crippen LogP contribution in [0.1, 0.15) is 27.7 Å². The van der Waals surface area contributed by atoms with Crippen molar-refractivity contribution in [3.8, 4) is 0 Å². The number of carbonyl (C=O) groups excluding carboxylic acids is 1. The zero-order chi connectivity index (χ0) is 14.3. The molecule has 1 atom stereocenters. The van der Waals surface area contributed by atoms with Gasteiger partial charge in [-0.1, -0.05) is 13.8 Å². The molecule has 0 aromatic rings. The number of carbonyl (C=O) groups is 1. The first-order chi connectivity index (χ1) is 9.10. The minimum atomic E-state index is 0.0453. The monoisotopic (exact) mass is 271 g/mol. The van der Waals surface area contributed by atoms with E-state index < -0.39 is 0 Å². The Bertz CT molecular complexity index is 261. The van der Waals surface area contributed by atoms with Crippen LogP contribution >= 0.6 is 0 Å². The third kappa shape index (κ3) is 4.99. The van der Waals surface area contributed by atoms with Crippen molar-refractivity contribution in [2.45, 2.75) is 33.7 Å². The Morgan fingerprint density at radius 3 is 2.32 bits per heavy atom. The highest BCUT2D eigenvalue weighted by atomic mass is 16.5. The molecule has 1 aliphatic rings. The van der Waals surface area contributed by atoms with Crippen LogP contribution < -0.4 is 5.32 Å². The quantitative estimate of drug-likeness (QED) is 0.794. The largest absolute Gasteiger partial charge is 0.379 e. The number of ether oxygens (including phenoxy) is 1. The van der Waals surface area contributed by atoms with Gasteiger partial charge in [-0.05, 0) is 19.8 Å². The minimum absolute atomic E-state index is 0.0453. The zero-order valence-electron chi connectivity index (χ0n) is 12.8. The average molecular weight is 271 g/mol. The zero-order valence-corrected chi connectivity index (χ0v) is 12.8. The molecule has 0 radical (unpaired) electrons. The van der Waals surface area contributed by atoms with Crippen molar-refractivity contribution >= 4 is 6.03 Å². The van der Waals surface area contributed by atoms with Crippen molar-refractivity contribution in [2.24, 2.45) is 5.92 Å². The summed E-state index contributed by atoms with van der Waals surface area (Å²) in [7, 11) is 0. The fraction of sp³-hybridized carbons (Fsp3) is 0.929. The van der Waals surface area contributed by atoms with Gasteiger partial charge in [0, 0.05) is 38.8 Å². The molecule has 2 amide bonds. The second-order valence-corrected chi connectivity index (χ2v) is 5.32. The van der Waals surface area contributed by atoms with Crippen molar-refractivity contribution in [2.75, 3.05) is 45.9 Å². The molecule has 0 aromatic carbocycles. The second-order valence-electron chi connectivity index (χ2n) is 5.32. The lowest BCUT2D eigenvalue weighted by atomic mass is 10.0. The van der Waals surface area contributed by atoms with Crippen molar-refractivity contribution < 1.29 is 9.53 Å². The Balaban J connectivity index is 2.47. The molecule has 112 valence electrons. The van der Waals surface area contributed by atoms with Crippen LogP contribution in [0.4, 0.5) is 4.79 Å². The molecule has 0 aromatic heterocycles. The first kappa shape index (κ1) is 16.2. The van der Waals surface area contributed by atoms with E-state index in [2.05, 4.69) is 24.1 Å². The summed E-state index contributed by atoms with van der Waals surface area (Å²) in [5, 5.41) is 3.07. The number of hydrogen-bond acceptors (Lipinski definition) is 3. The molecule has 1 rings (SSSR count). The maximum absolute atomic E-state index is 12.0. The number of urea groups is 1. The second kappa shape index (κ2) is 8.38. The standard InChI is InChI=1S/C14H29N3O2/c1-5-16(6-2)14(18)15-11-13(12(3)4)17-7-9-19-10-8-17/h12-13H,5-11H2,1-4H3,(H,15,18). The summed E-state index contributed by atoms with van der Waals surface area (Å²) < 4.78 is 5.39. The average Bonchev–Trinajstić information content (AvgIpc) is 2.41. The normalized spacial score (nSPS) is 18.4. The molecule has 0 aliphatic carbocycles. The van der Waals surface area contributed by atoms with Gasteiger partial charge in [-0.3, -0.25) is 4.90 Å². The van der Waals surface area contributed by atoms with E-state index in [0.29, 0.717) is 18.5 Å². The van der Waals surface area contributed by atoms with Gasteiger partial charge in [-0.25, -0.2) is 4.79 Å². The van der Waals surface area contributed by atoms with Gasteiger partial charge in [-0.2, -0.15) is 0 Å². The van der Waals surface area contributed by atoms with Gasteiger partial charge in [0.2, 0.25) is 0 Å². The highest BCUT2D eigenvalue weighted by Gasteiger charge is 2.24. The van der Waals surface area contributed by atoms with Crippen molar-refractivity contribution in [1.82, 2.24) is 15.1 Å². The van der Waals surface area contributed by atoms with Crippen molar-refractivity contribution in [3.63, 3.8) is 0 Å². The molecule has 5 nitrogen and oxygen atoms in total. The molecule has 1 N–H and O–H groups in total. The number of nitrogens with zero attached hydrogens (tertiary/aromatic N) is 2. The molecule has 1 aliphatic heterocycles. The fourth-order valence-corrected chi connectivity index (χ4v) is 2.51. The third-order valence-corrected chi connectivity index (χ3v) is 3.80. The lowest BCUT2D eigenvalue weighted by Crippen LogP contribution is -2.52. The van der Waals surface area contributed by atoms with Gasteiger partial charge in [-0.15, -0.1) is 0 Å². The SMILES string of the molecule is CCN(CC)C(=O)NCC(C(C)C)N1CCOCC1. The first-order valence-corrected chi connectivity index (χ1v) is 7.44. The molecule has 1 heterocycles. The number of rotatable bonds is 6. The van der Waals surface area contributed by atoms with E-state index in [1.54, 1.807) is 0 Å². The molecule has 19 heavy (non-hydrogen) atoms. The van der Waals surface area contributed by atoms with Crippen LogP contribution in [0.3, 0.4) is 0 Å². The van der Waals surface area contributed by atoms with Gasteiger partial charge in [0.15, 0.2) is 0 Å². The van der Waals surface area contributed by atoms with Crippen LogP contribution in [0.5, 0.6) is 0 Å². The molecular weight excluding hydrogens is 242 g/mol. The summed E-state index contributed by atoms with van der Waals surface area (Å²) in [5.41, 5.74) is 0. The van der Waals surface area contributed by atoms with E-state index in [0.717, 1.165) is 39.4 Å². The van der Waals surface area contributed by atoms with Crippen LogP contribution in [0.15, 0.2) is 0 Å². The lowest BCUT2D eigenvalue weighted by Gasteiger charge is -2.37. The van der Waals surface area contributed by atoms with Crippen LogP contribution in [-0.4, -0.2) is 67.8 Å². The lowest BCUT2D eigenvalue weighted by molar-refractivity contribution is 0.00696. The van der Waals surface area contributed by atoms with Crippen molar-refractivity contribution in [3.05, 3.63) is 0 Å². The number of hydrogen-bond donors (Lipinski definition) is 1. The molecule has 0 spiro atoms. The first-order valence-electron chi connectivity index (χ1n) is 7.44. The topological polar surface area (TPSA) is 44.8 Å². The maximum Gasteiger partial charge on any atom is 0.317 e. The predicted octanol–water partition coefficient (Wildman–Crippen LogP) is 1.39. The number of amides is 2. The van der Waals surface area contributed by atoms with E-state index in [1.165, 1.54) is 0 Å². The van der Waals surface area contributed by atoms with E-state index >= 15 is 0 Å². The summed E-state index contributed by atoms with van der Waals surface area (Å²) in [5.74, 6) is 0.523. The van der Waals surface area contributed by atoms with Crippen LogP contribution in [0, 0.1) is 5.92 Å². The predicted molar refractivity (Wildman–Crippen MR) is 77.3 cm³/mol. The highest BCUT2D eigenvalue weighted by Crippen LogP contribution is 2.12. The van der Waals surface area contributed by atoms with Crippen LogP contribution in [-0.2, 0) is 4.74 Å². The van der Waals surface area contributed by atoms with Gasteiger partial charge in [0.25, 0.3) is 0 Å². The molecule has 1 unspecified atom stereocenters. The smallest absolute Gasteiger partial charge is 0.317 e. The van der Waals surface area contributed by atoms with Crippen LogP contribution in [0.25, 0.3) is 0 Å². The van der Waals surface area contributed by atoms with Gasteiger partial charge >= 0.3 is 6.03 Å². The molecule has 1 saturated heterocycles. The molecular formula is C14H29N3O2. The summed E-state index contributed by atoms with van der Waals surface area (Å²) in [6, 6.07) is 0.437. The molecule has 0 saturated carbocycles. The Morgan fingerprint density at radius 1 is 1.26 bits per heavy atom. The Hall–Kier alpha value is -0.810. The van der Waals surface area contributed by atoms with E-state index in [4.69, 9.17) is 4.74 Å². The third-order valence-electron chi connectivity index (χ3n) is 3.80. The van der Waals surface area contributed by atoms with E-state index in [9.17, 15) is 4.79 Å². The fourth-order valence-electron chi connectivity index (χ4n) is 2.51. The van der Waals surface area contributed by atoms with E-state index in [1.807, 2.05) is 18.7 Å². The maximum atomic E-state index is 12.0. The Morgan fingerprint density at radius 2 is 1.84 bits per heavy atom. The van der Waals surface area contributed by atoms with Crippen LogP contribution in [0.2, 0.25) is 0 Å². The highest BCUT2D eigenvalue weighted by molar-refractivity contribution is 5.74.